The molecule has 0 aliphatic carbocycles. The number of nitrogens with one attached hydrogen (secondary N) is 2. The topological polar surface area (TPSA) is 67.1 Å². The monoisotopic (exact) mass is 207 g/mol. The maximum Gasteiger partial charge on any atom is 0.253 e. The zero-order valence-electron chi connectivity index (χ0n) is 9.29. The predicted octanol–water partition coefficient (Wildman–Crippen LogP) is 1.45. The minimum Gasteiger partial charge on any atom is -0.399 e. The summed E-state index contributed by atoms with van der Waals surface area (Å²) in [5, 5.41) is 5.79. The van der Waals surface area contributed by atoms with Gasteiger partial charge in [-0.3, -0.25) is 4.79 Å². The van der Waals surface area contributed by atoms with E-state index < -0.39 is 0 Å². The zero-order valence-corrected chi connectivity index (χ0v) is 9.29. The normalized spacial score (nSPS) is 10.1. The first-order valence-corrected chi connectivity index (χ1v) is 4.92. The van der Waals surface area contributed by atoms with Crippen molar-refractivity contribution in [1.82, 2.24) is 5.32 Å². The molecule has 0 radical (unpaired) electrons. The van der Waals surface area contributed by atoms with E-state index in [4.69, 9.17) is 5.73 Å². The average Bonchev–Trinajstić information content (AvgIpc) is 2.16. The maximum absolute atomic E-state index is 11.8. The van der Waals surface area contributed by atoms with Crippen molar-refractivity contribution in [3.63, 3.8) is 0 Å². The van der Waals surface area contributed by atoms with Gasteiger partial charge in [-0.1, -0.05) is 0 Å². The first-order valence-electron chi connectivity index (χ1n) is 4.92. The van der Waals surface area contributed by atoms with E-state index in [0.29, 0.717) is 11.3 Å². The number of benzene rings is 1. The summed E-state index contributed by atoms with van der Waals surface area (Å²) in [7, 11) is 1.78. The number of hydrogen-bond donors (Lipinski definition) is 3. The van der Waals surface area contributed by atoms with Gasteiger partial charge in [-0.05, 0) is 32.0 Å². The molecule has 1 rings (SSSR count). The molecule has 0 saturated heterocycles. The van der Waals surface area contributed by atoms with Crippen LogP contribution in [0.25, 0.3) is 0 Å². The van der Waals surface area contributed by atoms with Gasteiger partial charge in [-0.15, -0.1) is 0 Å². The van der Waals surface area contributed by atoms with Crippen molar-refractivity contribution in [3.05, 3.63) is 23.8 Å². The van der Waals surface area contributed by atoms with Crippen LogP contribution in [0.3, 0.4) is 0 Å². The third-order valence-corrected chi connectivity index (χ3v) is 1.98. The molecule has 1 amide bonds. The number of amides is 1. The smallest absolute Gasteiger partial charge is 0.253 e. The molecule has 0 unspecified atom stereocenters. The van der Waals surface area contributed by atoms with Gasteiger partial charge >= 0.3 is 0 Å². The first kappa shape index (κ1) is 11.4. The van der Waals surface area contributed by atoms with Gasteiger partial charge in [-0.2, -0.15) is 0 Å². The van der Waals surface area contributed by atoms with Crippen molar-refractivity contribution in [2.45, 2.75) is 19.9 Å². The van der Waals surface area contributed by atoms with Gasteiger partial charge in [0.05, 0.1) is 5.56 Å². The summed E-state index contributed by atoms with van der Waals surface area (Å²) in [6.45, 7) is 3.84. The molecular weight excluding hydrogens is 190 g/mol. The number of rotatable bonds is 3. The highest BCUT2D eigenvalue weighted by Crippen LogP contribution is 2.18. The van der Waals surface area contributed by atoms with Gasteiger partial charge in [0, 0.05) is 24.5 Å². The van der Waals surface area contributed by atoms with E-state index in [1.165, 1.54) is 0 Å². The van der Waals surface area contributed by atoms with Crippen LogP contribution in [-0.2, 0) is 0 Å². The SMILES string of the molecule is CNc1ccc(N)cc1C(=O)NC(C)C. The summed E-state index contributed by atoms with van der Waals surface area (Å²) in [6.07, 6.45) is 0. The van der Waals surface area contributed by atoms with Crippen LogP contribution >= 0.6 is 0 Å². The van der Waals surface area contributed by atoms with Gasteiger partial charge in [0.1, 0.15) is 0 Å². The van der Waals surface area contributed by atoms with E-state index in [1.807, 2.05) is 13.8 Å². The summed E-state index contributed by atoms with van der Waals surface area (Å²) in [6, 6.07) is 5.34. The Bertz CT molecular complexity index is 361. The van der Waals surface area contributed by atoms with Gasteiger partial charge in [0.25, 0.3) is 5.91 Å². The molecule has 4 nitrogen and oxygen atoms in total. The van der Waals surface area contributed by atoms with Crippen LogP contribution in [0.2, 0.25) is 0 Å². The van der Waals surface area contributed by atoms with Crippen LogP contribution in [-0.4, -0.2) is 19.0 Å². The highest BCUT2D eigenvalue weighted by Gasteiger charge is 2.11. The number of carbonyl (C=O) groups is 1. The number of nitrogen functional groups attached to an aromatic ring is 1. The standard InChI is InChI=1S/C11H17N3O/c1-7(2)14-11(15)9-6-8(12)4-5-10(9)13-3/h4-7,13H,12H2,1-3H3,(H,14,15). The number of carbonyl (C=O) groups excluding carboxylic acids is 1. The summed E-state index contributed by atoms with van der Waals surface area (Å²) in [5.41, 5.74) is 7.58. The minimum atomic E-state index is -0.110. The van der Waals surface area contributed by atoms with Crippen LogP contribution in [0.1, 0.15) is 24.2 Å². The Labute approximate surface area is 89.9 Å². The molecule has 0 aliphatic heterocycles. The Kier molecular flexibility index (Phi) is 3.55. The molecule has 0 fully saturated rings. The number of anilines is 2. The van der Waals surface area contributed by atoms with Crippen LogP contribution in [0, 0.1) is 0 Å². The van der Waals surface area contributed by atoms with E-state index in [1.54, 1.807) is 25.2 Å². The molecule has 0 atom stereocenters. The first-order chi connectivity index (χ1) is 7.04. The van der Waals surface area contributed by atoms with Crippen molar-refractivity contribution in [1.29, 1.82) is 0 Å². The van der Waals surface area contributed by atoms with Crippen molar-refractivity contribution in [2.75, 3.05) is 18.1 Å². The van der Waals surface area contributed by atoms with E-state index in [9.17, 15) is 4.79 Å². The third-order valence-electron chi connectivity index (χ3n) is 1.98. The second-order valence-electron chi connectivity index (χ2n) is 3.68. The molecule has 0 spiro atoms. The molecule has 4 N–H and O–H groups in total. The highest BCUT2D eigenvalue weighted by atomic mass is 16.1. The van der Waals surface area contributed by atoms with Crippen LogP contribution in [0.5, 0.6) is 0 Å². The molecule has 0 saturated carbocycles. The lowest BCUT2D eigenvalue weighted by atomic mass is 10.1. The Morgan fingerprint density at radius 1 is 1.40 bits per heavy atom. The molecule has 4 heteroatoms. The van der Waals surface area contributed by atoms with Gasteiger partial charge in [-0.25, -0.2) is 0 Å². The molecule has 1 aromatic rings. The summed E-state index contributed by atoms with van der Waals surface area (Å²) in [5.74, 6) is -0.110. The molecule has 0 aromatic heterocycles. The van der Waals surface area contributed by atoms with Crippen LogP contribution in [0.15, 0.2) is 18.2 Å². The van der Waals surface area contributed by atoms with Crippen molar-refractivity contribution in [2.24, 2.45) is 0 Å². The van der Waals surface area contributed by atoms with Crippen molar-refractivity contribution in [3.8, 4) is 0 Å². The zero-order chi connectivity index (χ0) is 11.4. The Morgan fingerprint density at radius 2 is 2.07 bits per heavy atom. The summed E-state index contributed by atoms with van der Waals surface area (Å²) >= 11 is 0. The second kappa shape index (κ2) is 4.68. The van der Waals surface area contributed by atoms with E-state index in [-0.39, 0.29) is 11.9 Å². The average molecular weight is 207 g/mol. The molecular formula is C11H17N3O. The summed E-state index contributed by atoms with van der Waals surface area (Å²) in [4.78, 5) is 11.8. The van der Waals surface area contributed by atoms with Crippen LogP contribution in [0.4, 0.5) is 11.4 Å². The fourth-order valence-electron chi connectivity index (χ4n) is 1.31. The Morgan fingerprint density at radius 3 is 2.60 bits per heavy atom. The molecule has 0 heterocycles. The van der Waals surface area contributed by atoms with Gasteiger partial charge < -0.3 is 16.4 Å². The lowest BCUT2D eigenvalue weighted by Crippen LogP contribution is -2.30. The fourth-order valence-corrected chi connectivity index (χ4v) is 1.31. The highest BCUT2D eigenvalue weighted by molar-refractivity contribution is 6.00. The lowest BCUT2D eigenvalue weighted by Gasteiger charge is -2.12. The van der Waals surface area contributed by atoms with Crippen molar-refractivity contribution < 1.29 is 4.79 Å². The molecule has 82 valence electrons. The number of hydrogen-bond acceptors (Lipinski definition) is 3. The molecule has 0 bridgehead atoms. The molecule has 1 aromatic carbocycles. The molecule has 15 heavy (non-hydrogen) atoms. The predicted molar refractivity (Wildman–Crippen MR) is 63.0 cm³/mol. The lowest BCUT2D eigenvalue weighted by molar-refractivity contribution is 0.0944. The molecule has 0 aliphatic rings. The Balaban J connectivity index is 3.00. The minimum absolute atomic E-state index is 0.110. The summed E-state index contributed by atoms with van der Waals surface area (Å²) < 4.78 is 0. The van der Waals surface area contributed by atoms with Gasteiger partial charge in [0.15, 0.2) is 0 Å². The van der Waals surface area contributed by atoms with E-state index in [2.05, 4.69) is 10.6 Å². The van der Waals surface area contributed by atoms with E-state index in [0.717, 1.165) is 5.69 Å². The van der Waals surface area contributed by atoms with Crippen LogP contribution < -0.4 is 16.4 Å². The second-order valence-corrected chi connectivity index (χ2v) is 3.68. The quantitative estimate of drug-likeness (QED) is 0.657. The maximum atomic E-state index is 11.8. The Hall–Kier alpha value is -1.71. The van der Waals surface area contributed by atoms with Gasteiger partial charge in [0.2, 0.25) is 0 Å². The number of nitrogens with two attached hydrogens (primary N) is 1. The largest absolute Gasteiger partial charge is 0.399 e. The third kappa shape index (κ3) is 2.87. The van der Waals surface area contributed by atoms with Crippen molar-refractivity contribution >= 4 is 17.3 Å². The van der Waals surface area contributed by atoms with E-state index >= 15 is 0 Å². The fraction of sp³-hybridized carbons (Fsp3) is 0.364.